The van der Waals surface area contributed by atoms with E-state index in [1.165, 1.54) is 12.1 Å². The summed E-state index contributed by atoms with van der Waals surface area (Å²) in [7, 11) is 0. The molecule has 2 rings (SSSR count). The van der Waals surface area contributed by atoms with Crippen molar-refractivity contribution in [2.24, 2.45) is 5.73 Å². The highest BCUT2D eigenvalue weighted by atomic mass is 19.1. The zero-order valence-electron chi connectivity index (χ0n) is 11.6. The zero-order valence-corrected chi connectivity index (χ0v) is 11.6. The van der Waals surface area contributed by atoms with E-state index < -0.39 is 0 Å². The molecule has 0 heterocycles. The fourth-order valence-electron chi connectivity index (χ4n) is 2.09. The van der Waals surface area contributed by atoms with Gasteiger partial charge in [0.1, 0.15) is 5.82 Å². The van der Waals surface area contributed by atoms with Crippen LogP contribution in [0, 0.1) is 5.82 Å². The third-order valence-electron chi connectivity index (χ3n) is 3.33. The first-order valence-corrected chi connectivity index (χ1v) is 6.87. The normalized spacial score (nSPS) is 13.9. The SMILES string of the molecule is CCC(N)C(OCc1ccccc1)c1ccc(F)cc1. The second-order valence-corrected chi connectivity index (χ2v) is 4.84. The highest BCUT2D eigenvalue weighted by Crippen LogP contribution is 2.23. The molecule has 2 unspecified atom stereocenters. The van der Waals surface area contributed by atoms with Crippen LogP contribution in [0.3, 0.4) is 0 Å². The minimum absolute atomic E-state index is 0.107. The lowest BCUT2D eigenvalue weighted by atomic mass is 10.0. The van der Waals surface area contributed by atoms with E-state index >= 15 is 0 Å². The van der Waals surface area contributed by atoms with Crippen LogP contribution in [-0.2, 0) is 11.3 Å². The Labute approximate surface area is 119 Å². The Balaban J connectivity index is 2.10. The molecule has 0 fully saturated rings. The number of rotatable bonds is 6. The molecule has 2 atom stereocenters. The largest absolute Gasteiger partial charge is 0.367 e. The van der Waals surface area contributed by atoms with Crippen LogP contribution >= 0.6 is 0 Å². The lowest BCUT2D eigenvalue weighted by molar-refractivity contribution is 0.0212. The fourth-order valence-corrected chi connectivity index (χ4v) is 2.09. The van der Waals surface area contributed by atoms with Gasteiger partial charge in [0.25, 0.3) is 0 Å². The average molecular weight is 273 g/mol. The third-order valence-corrected chi connectivity index (χ3v) is 3.33. The van der Waals surface area contributed by atoms with E-state index in [9.17, 15) is 4.39 Å². The summed E-state index contributed by atoms with van der Waals surface area (Å²) < 4.78 is 19.0. The molecule has 0 saturated heterocycles. The quantitative estimate of drug-likeness (QED) is 0.868. The van der Waals surface area contributed by atoms with E-state index in [2.05, 4.69) is 0 Å². The molecule has 0 amide bonds. The molecule has 0 aliphatic rings. The molecule has 2 aromatic carbocycles. The Kier molecular flexibility index (Phi) is 5.27. The first-order valence-electron chi connectivity index (χ1n) is 6.87. The van der Waals surface area contributed by atoms with Gasteiger partial charge in [-0.2, -0.15) is 0 Å². The van der Waals surface area contributed by atoms with E-state index in [0.717, 1.165) is 17.5 Å². The van der Waals surface area contributed by atoms with Crippen molar-refractivity contribution in [2.75, 3.05) is 0 Å². The Morgan fingerprint density at radius 2 is 1.70 bits per heavy atom. The van der Waals surface area contributed by atoms with E-state index in [-0.39, 0.29) is 18.0 Å². The number of hydrogen-bond donors (Lipinski definition) is 1. The van der Waals surface area contributed by atoms with Crippen molar-refractivity contribution in [3.63, 3.8) is 0 Å². The number of ether oxygens (including phenoxy) is 1. The average Bonchev–Trinajstić information content (AvgIpc) is 2.50. The summed E-state index contributed by atoms with van der Waals surface area (Å²) in [6.07, 6.45) is 0.581. The van der Waals surface area contributed by atoms with Gasteiger partial charge in [-0.3, -0.25) is 0 Å². The van der Waals surface area contributed by atoms with Crippen LogP contribution in [0.2, 0.25) is 0 Å². The zero-order chi connectivity index (χ0) is 14.4. The molecule has 2 N–H and O–H groups in total. The predicted octanol–water partition coefficient (Wildman–Crippen LogP) is 3.82. The maximum Gasteiger partial charge on any atom is 0.123 e. The molecule has 0 bridgehead atoms. The van der Waals surface area contributed by atoms with Gasteiger partial charge in [0, 0.05) is 6.04 Å². The van der Waals surface area contributed by atoms with Gasteiger partial charge in [0.05, 0.1) is 12.7 Å². The van der Waals surface area contributed by atoms with Crippen molar-refractivity contribution in [1.82, 2.24) is 0 Å². The number of halogens is 1. The van der Waals surface area contributed by atoms with Crippen molar-refractivity contribution in [2.45, 2.75) is 32.1 Å². The minimum atomic E-state index is -0.249. The van der Waals surface area contributed by atoms with Crippen LogP contribution in [0.25, 0.3) is 0 Å². The van der Waals surface area contributed by atoms with Gasteiger partial charge >= 0.3 is 0 Å². The summed E-state index contributed by atoms with van der Waals surface area (Å²) in [5.41, 5.74) is 8.15. The summed E-state index contributed by atoms with van der Waals surface area (Å²) in [6, 6.07) is 16.2. The maximum atomic E-state index is 13.0. The molecule has 0 saturated carbocycles. The molecular formula is C17H20FNO. The third kappa shape index (κ3) is 3.89. The Bertz CT molecular complexity index is 512. The van der Waals surface area contributed by atoms with Crippen molar-refractivity contribution in [3.05, 3.63) is 71.5 Å². The topological polar surface area (TPSA) is 35.2 Å². The van der Waals surface area contributed by atoms with Crippen molar-refractivity contribution >= 4 is 0 Å². The van der Waals surface area contributed by atoms with Gasteiger partial charge in [0.2, 0.25) is 0 Å². The van der Waals surface area contributed by atoms with Gasteiger partial charge in [-0.25, -0.2) is 4.39 Å². The second kappa shape index (κ2) is 7.17. The molecule has 0 spiro atoms. The summed E-state index contributed by atoms with van der Waals surface area (Å²) in [5.74, 6) is -0.249. The van der Waals surface area contributed by atoms with E-state index in [4.69, 9.17) is 10.5 Å². The summed E-state index contributed by atoms with van der Waals surface area (Å²) >= 11 is 0. The van der Waals surface area contributed by atoms with E-state index in [0.29, 0.717) is 6.61 Å². The lowest BCUT2D eigenvalue weighted by Gasteiger charge is -2.24. The molecule has 2 aromatic rings. The summed E-state index contributed by atoms with van der Waals surface area (Å²) in [6.45, 7) is 2.52. The van der Waals surface area contributed by atoms with Crippen LogP contribution in [0.15, 0.2) is 54.6 Å². The minimum Gasteiger partial charge on any atom is -0.367 e. The van der Waals surface area contributed by atoms with Crippen LogP contribution in [0.4, 0.5) is 4.39 Å². The molecular weight excluding hydrogens is 253 g/mol. The Hall–Kier alpha value is -1.71. The van der Waals surface area contributed by atoms with Gasteiger partial charge in [0.15, 0.2) is 0 Å². The van der Waals surface area contributed by atoms with Crippen LogP contribution in [0.5, 0.6) is 0 Å². The van der Waals surface area contributed by atoms with Crippen molar-refractivity contribution in [1.29, 1.82) is 0 Å². The standard InChI is InChI=1S/C17H20FNO/c1-2-16(19)17(14-8-10-15(18)11-9-14)20-12-13-6-4-3-5-7-13/h3-11,16-17H,2,12,19H2,1H3. The monoisotopic (exact) mass is 273 g/mol. The predicted molar refractivity (Wildman–Crippen MR) is 78.6 cm³/mol. The van der Waals surface area contributed by atoms with Crippen molar-refractivity contribution in [3.8, 4) is 0 Å². The highest BCUT2D eigenvalue weighted by Gasteiger charge is 2.19. The molecule has 0 aliphatic carbocycles. The molecule has 0 aliphatic heterocycles. The molecule has 0 radical (unpaired) electrons. The number of benzene rings is 2. The summed E-state index contributed by atoms with van der Waals surface area (Å²) in [4.78, 5) is 0. The van der Waals surface area contributed by atoms with Gasteiger partial charge in [-0.1, -0.05) is 49.4 Å². The van der Waals surface area contributed by atoms with Crippen LogP contribution in [0.1, 0.15) is 30.6 Å². The molecule has 20 heavy (non-hydrogen) atoms. The van der Waals surface area contributed by atoms with E-state index in [1.54, 1.807) is 12.1 Å². The molecule has 106 valence electrons. The van der Waals surface area contributed by atoms with E-state index in [1.807, 2.05) is 37.3 Å². The first-order chi connectivity index (χ1) is 9.70. The van der Waals surface area contributed by atoms with Crippen molar-refractivity contribution < 1.29 is 9.13 Å². The van der Waals surface area contributed by atoms with Crippen LogP contribution < -0.4 is 5.73 Å². The maximum absolute atomic E-state index is 13.0. The second-order valence-electron chi connectivity index (χ2n) is 4.84. The lowest BCUT2D eigenvalue weighted by Crippen LogP contribution is -2.29. The molecule has 0 aromatic heterocycles. The Morgan fingerprint density at radius 1 is 1.05 bits per heavy atom. The molecule has 2 nitrogen and oxygen atoms in total. The number of nitrogens with two attached hydrogens (primary N) is 1. The summed E-state index contributed by atoms with van der Waals surface area (Å²) in [5, 5.41) is 0. The first kappa shape index (κ1) is 14.7. The smallest absolute Gasteiger partial charge is 0.123 e. The molecule has 3 heteroatoms. The fraction of sp³-hybridized carbons (Fsp3) is 0.294. The van der Waals surface area contributed by atoms with Gasteiger partial charge in [-0.05, 0) is 29.7 Å². The van der Waals surface area contributed by atoms with Gasteiger partial charge < -0.3 is 10.5 Å². The van der Waals surface area contributed by atoms with Crippen LogP contribution in [-0.4, -0.2) is 6.04 Å². The number of hydrogen-bond acceptors (Lipinski definition) is 2. The highest BCUT2D eigenvalue weighted by molar-refractivity contribution is 5.20. The van der Waals surface area contributed by atoms with Gasteiger partial charge in [-0.15, -0.1) is 0 Å². The Morgan fingerprint density at radius 3 is 2.30 bits per heavy atom.